The second kappa shape index (κ2) is 6.54. The number of hydrogen-bond acceptors (Lipinski definition) is 3. The van der Waals surface area contributed by atoms with Crippen molar-refractivity contribution in [3.05, 3.63) is 77.4 Å². The van der Waals surface area contributed by atoms with E-state index in [1.165, 1.54) is 6.07 Å². The van der Waals surface area contributed by atoms with Gasteiger partial charge in [0.1, 0.15) is 11.4 Å². The average Bonchev–Trinajstić information content (AvgIpc) is 3.14. The molecule has 0 saturated carbocycles. The van der Waals surface area contributed by atoms with Crippen LogP contribution in [0.2, 0.25) is 5.02 Å². The Hall–Kier alpha value is -3.31. The predicted molar refractivity (Wildman–Crippen MR) is 103 cm³/mol. The number of fused-ring (bicyclic) bond motifs is 1. The summed E-state index contributed by atoms with van der Waals surface area (Å²) in [5.74, 6) is -0.275. The number of hydrogen-bond donors (Lipinski definition) is 3. The number of carbonyl (C=O) groups excluding carboxylic acids is 1. The maximum Gasteiger partial charge on any atom is 0.273 e. The molecule has 26 heavy (non-hydrogen) atoms. The zero-order valence-electron chi connectivity index (χ0n) is 13.5. The number of amides is 1. The van der Waals surface area contributed by atoms with Gasteiger partial charge in [-0.3, -0.25) is 9.89 Å². The molecule has 0 aliphatic carbocycles. The minimum absolute atomic E-state index is 0.0439. The second-order valence-corrected chi connectivity index (χ2v) is 6.28. The number of aromatic hydroxyl groups is 1. The molecule has 0 unspecified atom stereocenters. The molecule has 0 bridgehead atoms. The Kier molecular flexibility index (Phi) is 4.07. The van der Waals surface area contributed by atoms with Crippen LogP contribution in [0, 0.1) is 0 Å². The van der Waals surface area contributed by atoms with Crippen LogP contribution in [0.5, 0.6) is 5.75 Å². The summed E-state index contributed by atoms with van der Waals surface area (Å²) in [4.78, 5) is 12.5. The van der Waals surface area contributed by atoms with E-state index in [1.54, 1.807) is 18.2 Å². The molecule has 1 amide bonds. The summed E-state index contributed by atoms with van der Waals surface area (Å²) in [6.07, 6.45) is 0. The molecule has 0 radical (unpaired) electrons. The molecule has 4 rings (SSSR count). The van der Waals surface area contributed by atoms with Crippen molar-refractivity contribution in [3.63, 3.8) is 0 Å². The Labute approximate surface area is 154 Å². The first-order chi connectivity index (χ1) is 12.6. The van der Waals surface area contributed by atoms with E-state index in [9.17, 15) is 9.90 Å². The molecule has 1 heterocycles. The molecule has 4 aromatic rings. The van der Waals surface area contributed by atoms with Crippen molar-refractivity contribution < 1.29 is 9.90 Å². The lowest BCUT2D eigenvalue weighted by Crippen LogP contribution is -2.12. The largest absolute Gasteiger partial charge is 0.507 e. The third kappa shape index (κ3) is 3.12. The molecule has 3 aromatic carbocycles. The molecule has 0 aliphatic rings. The van der Waals surface area contributed by atoms with Crippen molar-refractivity contribution in [1.82, 2.24) is 10.2 Å². The van der Waals surface area contributed by atoms with Gasteiger partial charge in [0.25, 0.3) is 5.91 Å². The van der Waals surface area contributed by atoms with Crippen molar-refractivity contribution in [1.29, 1.82) is 0 Å². The number of nitrogens with one attached hydrogen (secondary N) is 2. The smallest absolute Gasteiger partial charge is 0.273 e. The lowest BCUT2D eigenvalue weighted by molar-refractivity contribution is 0.102. The van der Waals surface area contributed by atoms with Crippen LogP contribution in [0.3, 0.4) is 0 Å². The molecule has 1 aromatic heterocycles. The third-order valence-corrected chi connectivity index (χ3v) is 4.30. The highest BCUT2D eigenvalue weighted by atomic mass is 35.5. The molecular weight excluding hydrogens is 350 g/mol. The van der Waals surface area contributed by atoms with Crippen LogP contribution in [0.25, 0.3) is 22.0 Å². The van der Waals surface area contributed by atoms with Gasteiger partial charge in [-0.15, -0.1) is 0 Å². The molecule has 0 spiro atoms. The second-order valence-electron chi connectivity index (χ2n) is 5.84. The molecule has 128 valence electrons. The number of carbonyl (C=O) groups is 1. The van der Waals surface area contributed by atoms with E-state index in [4.69, 9.17) is 11.6 Å². The first kappa shape index (κ1) is 16.2. The van der Waals surface area contributed by atoms with Gasteiger partial charge in [0, 0.05) is 16.3 Å². The van der Waals surface area contributed by atoms with Crippen molar-refractivity contribution in [3.8, 4) is 17.0 Å². The molecule has 0 fully saturated rings. The van der Waals surface area contributed by atoms with Crippen molar-refractivity contribution in [2.75, 3.05) is 5.32 Å². The molecule has 0 aliphatic heterocycles. The maximum absolute atomic E-state index is 12.5. The van der Waals surface area contributed by atoms with Crippen LogP contribution in [0.4, 0.5) is 5.69 Å². The Morgan fingerprint density at radius 1 is 1.00 bits per heavy atom. The van der Waals surface area contributed by atoms with Crippen molar-refractivity contribution in [2.45, 2.75) is 0 Å². The molecule has 0 atom stereocenters. The number of phenolic OH excluding ortho intramolecular Hbond substituents is 1. The summed E-state index contributed by atoms with van der Waals surface area (Å²) >= 11 is 5.96. The topological polar surface area (TPSA) is 78.0 Å². The summed E-state index contributed by atoms with van der Waals surface area (Å²) in [6, 6.07) is 19.9. The fourth-order valence-corrected chi connectivity index (χ4v) is 2.93. The van der Waals surface area contributed by atoms with E-state index in [-0.39, 0.29) is 17.4 Å². The number of aromatic nitrogens is 2. The number of anilines is 1. The highest BCUT2D eigenvalue weighted by molar-refractivity contribution is 6.31. The summed E-state index contributed by atoms with van der Waals surface area (Å²) in [7, 11) is 0. The monoisotopic (exact) mass is 363 g/mol. The summed E-state index contributed by atoms with van der Waals surface area (Å²) in [5.41, 5.74) is 1.87. The zero-order valence-corrected chi connectivity index (χ0v) is 14.3. The Morgan fingerprint density at radius 3 is 2.65 bits per heavy atom. The van der Waals surface area contributed by atoms with Crippen LogP contribution in [-0.4, -0.2) is 21.2 Å². The molecule has 6 heteroatoms. The first-order valence-electron chi connectivity index (χ1n) is 7.94. The maximum atomic E-state index is 12.5. The minimum Gasteiger partial charge on any atom is -0.507 e. The quantitative estimate of drug-likeness (QED) is 0.487. The molecule has 3 N–H and O–H groups in total. The fraction of sp³-hybridized carbons (Fsp3) is 0. The lowest BCUT2D eigenvalue weighted by atomic mass is 10.1. The summed E-state index contributed by atoms with van der Waals surface area (Å²) in [6.45, 7) is 0. The van der Waals surface area contributed by atoms with Gasteiger partial charge < -0.3 is 10.4 Å². The van der Waals surface area contributed by atoms with E-state index in [1.807, 2.05) is 42.5 Å². The predicted octanol–water partition coefficient (Wildman–Crippen LogP) is 4.84. The number of H-pyrrole nitrogens is 1. The van der Waals surface area contributed by atoms with Crippen LogP contribution in [-0.2, 0) is 0 Å². The number of halogens is 1. The van der Waals surface area contributed by atoms with Gasteiger partial charge in [0.15, 0.2) is 0 Å². The van der Waals surface area contributed by atoms with Gasteiger partial charge in [-0.25, -0.2) is 0 Å². The number of aromatic amines is 1. The summed E-state index contributed by atoms with van der Waals surface area (Å²) < 4.78 is 0. The van der Waals surface area contributed by atoms with Gasteiger partial charge >= 0.3 is 0 Å². The van der Waals surface area contributed by atoms with Crippen LogP contribution < -0.4 is 5.32 Å². The number of phenols is 1. The van der Waals surface area contributed by atoms with Gasteiger partial charge in [-0.2, -0.15) is 5.10 Å². The van der Waals surface area contributed by atoms with E-state index in [2.05, 4.69) is 15.5 Å². The van der Waals surface area contributed by atoms with Gasteiger partial charge in [-0.1, -0.05) is 41.9 Å². The van der Waals surface area contributed by atoms with E-state index in [0.717, 1.165) is 10.8 Å². The summed E-state index contributed by atoms with van der Waals surface area (Å²) in [5, 5.41) is 22.2. The number of rotatable bonds is 3. The lowest BCUT2D eigenvalue weighted by Gasteiger charge is -2.05. The molecule has 5 nitrogen and oxygen atoms in total. The Morgan fingerprint density at radius 2 is 1.81 bits per heavy atom. The highest BCUT2D eigenvalue weighted by Gasteiger charge is 2.14. The molecule has 0 saturated heterocycles. The van der Waals surface area contributed by atoms with Crippen molar-refractivity contribution in [2.24, 2.45) is 0 Å². The standard InChI is InChI=1S/C20H14ClN3O2/c21-14-6-8-19(25)16(10-14)17-11-18(24-23-17)20(26)22-15-7-5-12-3-1-2-4-13(12)9-15/h1-11,25H,(H,22,26)(H,23,24). The number of nitrogens with zero attached hydrogens (tertiary/aromatic N) is 1. The number of benzene rings is 3. The normalized spacial score (nSPS) is 10.8. The van der Waals surface area contributed by atoms with E-state index in [0.29, 0.717) is 22.0 Å². The van der Waals surface area contributed by atoms with Crippen LogP contribution in [0.1, 0.15) is 10.5 Å². The first-order valence-corrected chi connectivity index (χ1v) is 8.32. The Bertz CT molecular complexity index is 1120. The van der Waals surface area contributed by atoms with Gasteiger partial charge in [0.05, 0.1) is 5.69 Å². The van der Waals surface area contributed by atoms with Crippen molar-refractivity contribution >= 4 is 34.0 Å². The fourth-order valence-electron chi connectivity index (χ4n) is 2.75. The van der Waals surface area contributed by atoms with Crippen LogP contribution in [0.15, 0.2) is 66.7 Å². The molecular formula is C20H14ClN3O2. The Balaban J connectivity index is 1.58. The minimum atomic E-state index is -0.319. The van der Waals surface area contributed by atoms with Gasteiger partial charge in [0.2, 0.25) is 0 Å². The van der Waals surface area contributed by atoms with Gasteiger partial charge in [-0.05, 0) is 47.2 Å². The van der Waals surface area contributed by atoms with Crippen LogP contribution >= 0.6 is 11.6 Å². The average molecular weight is 364 g/mol. The van der Waals surface area contributed by atoms with E-state index < -0.39 is 0 Å². The zero-order chi connectivity index (χ0) is 18.1. The highest BCUT2D eigenvalue weighted by Crippen LogP contribution is 2.30. The SMILES string of the molecule is O=C(Nc1ccc2ccccc2c1)c1cc(-c2cc(Cl)ccc2O)n[nH]1. The third-order valence-electron chi connectivity index (χ3n) is 4.06. The van der Waals surface area contributed by atoms with E-state index >= 15 is 0 Å².